The summed E-state index contributed by atoms with van der Waals surface area (Å²) in [5.74, 6) is -0.892. The number of carboxylic acids is 2. The van der Waals surface area contributed by atoms with Crippen LogP contribution in [0.2, 0.25) is 0 Å². The maximum absolute atomic E-state index is 10.4. The summed E-state index contributed by atoms with van der Waals surface area (Å²) in [5, 5.41) is 16.9. The van der Waals surface area contributed by atoms with Gasteiger partial charge in [-0.15, -0.1) is 11.8 Å². The van der Waals surface area contributed by atoms with Crippen molar-refractivity contribution in [2.24, 2.45) is 5.41 Å². The molecule has 0 bridgehead atoms. The van der Waals surface area contributed by atoms with Crippen molar-refractivity contribution in [1.82, 2.24) is 0 Å². The maximum atomic E-state index is 10.4. The van der Waals surface area contributed by atoms with Gasteiger partial charge in [-0.3, -0.25) is 9.59 Å². The summed E-state index contributed by atoms with van der Waals surface area (Å²) in [5.41, 5.74) is -0.0913. The number of rotatable bonds is 6. The molecule has 1 fully saturated rings. The molecule has 1 rings (SSSR count). The summed E-state index contributed by atoms with van der Waals surface area (Å²) < 4.78 is 0. The Morgan fingerprint density at radius 3 is 2.23 bits per heavy atom. The molecule has 1 aliphatic rings. The van der Waals surface area contributed by atoms with Gasteiger partial charge in [0, 0.05) is 5.75 Å². The average molecular weight is 204 g/mol. The summed E-state index contributed by atoms with van der Waals surface area (Å²) in [4.78, 5) is 20.6. The van der Waals surface area contributed by atoms with Crippen LogP contribution in [-0.4, -0.2) is 33.7 Å². The van der Waals surface area contributed by atoms with E-state index in [4.69, 9.17) is 10.2 Å². The van der Waals surface area contributed by atoms with Crippen molar-refractivity contribution in [3.8, 4) is 0 Å². The molecule has 0 unspecified atom stereocenters. The summed E-state index contributed by atoms with van der Waals surface area (Å²) in [7, 11) is 0. The Labute approximate surface area is 80.3 Å². The minimum Gasteiger partial charge on any atom is -0.481 e. The highest BCUT2D eigenvalue weighted by Crippen LogP contribution is 2.50. The van der Waals surface area contributed by atoms with E-state index in [9.17, 15) is 9.59 Å². The first kappa shape index (κ1) is 10.4. The molecular weight excluding hydrogens is 192 g/mol. The lowest BCUT2D eigenvalue weighted by molar-refractivity contribution is -0.138. The molecular formula is C8H12O4S. The van der Waals surface area contributed by atoms with Gasteiger partial charge in [0.05, 0.1) is 12.2 Å². The second-order valence-corrected chi connectivity index (χ2v) is 4.44. The van der Waals surface area contributed by atoms with E-state index in [1.54, 1.807) is 0 Å². The van der Waals surface area contributed by atoms with E-state index in [0.29, 0.717) is 5.75 Å². The Balaban J connectivity index is 2.20. The highest BCUT2D eigenvalue weighted by atomic mass is 32.2. The SMILES string of the molecule is O=C(O)CSCC1(CC(=O)O)CC1. The summed E-state index contributed by atoms with van der Waals surface area (Å²) in [6, 6.07) is 0. The van der Waals surface area contributed by atoms with Crippen LogP contribution in [0.4, 0.5) is 0 Å². The normalized spacial score (nSPS) is 18.2. The highest BCUT2D eigenvalue weighted by molar-refractivity contribution is 7.99. The van der Waals surface area contributed by atoms with Gasteiger partial charge in [-0.2, -0.15) is 0 Å². The Kier molecular flexibility index (Phi) is 3.19. The van der Waals surface area contributed by atoms with Gasteiger partial charge in [-0.1, -0.05) is 0 Å². The number of hydrogen-bond donors (Lipinski definition) is 2. The number of carbonyl (C=O) groups is 2. The van der Waals surface area contributed by atoms with E-state index in [1.165, 1.54) is 11.8 Å². The van der Waals surface area contributed by atoms with Crippen molar-refractivity contribution in [2.45, 2.75) is 19.3 Å². The summed E-state index contributed by atoms with van der Waals surface area (Å²) >= 11 is 1.31. The molecule has 13 heavy (non-hydrogen) atoms. The smallest absolute Gasteiger partial charge is 0.313 e. The fourth-order valence-corrected chi connectivity index (χ4v) is 2.33. The standard InChI is InChI=1S/C8H12O4S/c9-6(10)3-8(1-2-8)5-13-4-7(11)12/h1-5H2,(H,9,10)(H,11,12). The molecule has 0 aromatic carbocycles. The van der Waals surface area contributed by atoms with Crippen molar-refractivity contribution in [2.75, 3.05) is 11.5 Å². The second kappa shape index (κ2) is 4.00. The van der Waals surface area contributed by atoms with E-state index >= 15 is 0 Å². The molecule has 0 spiro atoms. The first-order valence-electron chi connectivity index (χ1n) is 4.05. The van der Waals surface area contributed by atoms with Crippen molar-refractivity contribution in [1.29, 1.82) is 0 Å². The van der Waals surface area contributed by atoms with E-state index in [-0.39, 0.29) is 17.6 Å². The molecule has 2 N–H and O–H groups in total. The summed E-state index contributed by atoms with van der Waals surface area (Å²) in [6.07, 6.45) is 2.03. The van der Waals surface area contributed by atoms with Crippen LogP contribution in [0.1, 0.15) is 19.3 Å². The van der Waals surface area contributed by atoms with Crippen LogP contribution < -0.4 is 0 Å². The van der Waals surface area contributed by atoms with Gasteiger partial charge in [0.15, 0.2) is 0 Å². The topological polar surface area (TPSA) is 74.6 Å². The Bertz CT molecular complexity index is 222. The first-order valence-corrected chi connectivity index (χ1v) is 5.21. The van der Waals surface area contributed by atoms with Crippen LogP contribution in [0, 0.1) is 5.41 Å². The van der Waals surface area contributed by atoms with Gasteiger partial charge >= 0.3 is 11.9 Å². The molecule has 74 valence electrons. The Hall–Kier alpha value is -0.710. The zero-order chi connectivity index (χ0) is 9.90. The molecule has 0 radical (unpaired) electrons. The molecule has 0 aliphatic heterocycles. The van der Waals surface area contributed by atoms with E-state index in [1.807, 2.05) is 0 Å². The third-order valence-corrected chi connectivity index (χ3v) is 3.38. The van der Waals surface area contributed by atoms with Crippen LogP contribution in [-0.2, 0) is 9.59 Å². The zero-order valence-corrected chi connectivity index (χ0v) is 7.97. The van der Waals surface area contributed by atoms with Gasteiger partial charge in [-0.05, 0) is 18.3 Å². The Morgan fingerprint density at radius 2 is 1.85 bits per heavy atom. The molecule has 1 aliphatic carbocycles. The van der Waals surface area contributed by atoms with Gasteiger partial charge < -0.3 is 10.2 Å². The molecule has 0 atom stereocenters. The van der Waals surface area contributed by atoms with Gasteiger partial charge in [-0.25, -0.2) is 0 Å². The fraction of sp³-hybridized carbons (Fsp3) is 0.750. The third-order valence-electron chi connectivity index (χ3n) is 2.12. The van der Waals surface area contributed by atoms with E-state index < -0.39 is 11.9 Å². The van der Waals surface area contributed by atoms with Gasteiger partial charge in [0.2, 0.25) is 0 Å². The van der Waals surface area contributed by atoms with E-state index in [2.05, 4.69) is 0 Å². The monoisotopic (exact) mass is 204 g/mol. The zero-order valence-electron chi connectivity index (χ0n) is 7.15. The van der Waals surface area contributed by atoms with Crippen LogP contribution in [0.25, 0.3) is 0 Å². The third kappa shape index (κ3) is 3.67. The fourth-order valence-electron chi connectivity index (χ4n) is 1.22. The predicted octanol–water partition coefficient (Wildman–Crippen LogP) is 1.06. The van der Waals surface area contributed by atoms with Gasteiger partial charge in [0.25, 0.3) is 0 Å². The molecule has 0 saturated heterocycles. The lowest BCUT2D eigenvalue weighted by Gasteiger charge is -2.09. The molecule has 1 saturated carbocycles. The number of carboxylic acid groups (broad SMARTS) is 2. The van der Waals surface area contributed by atoms with Crippen molar-refractivity contribution >= 4 is 23.7 Å². The van der Waals surface area contributed by atoms with Crippen LogP contribution in [0.5, 0.6) is 0 Å². The molecule has 0 aromatic rings. The maximum Gasteiger partial charge on any atom is 0.313 e. The van der Waals surface area contributed by atoms with Crippen LogP contribution in [0.3, 0.4) is 0 Å². The molecule has 0 aromatic heterocycles. The average Bonchev–Trinajstić information content (AvgIpc) is 2.66. The molecule has 0 heterocycles. The van der Waals surface area contributed by atoms with Crippen molar-refractivity contribution in [3.63, 3.8) is 0 Å². The molecule has 4 nitrogen and oxygen atoms in total. The van der Waals surface area contributed by atoms with Crippen LogP contribution >= 0.6 is 11.8 Å². The molecule has 0 amide bonds. The van der Waals surface area contributed by atoms with Gasteiger partial charge in [0.1, 0.15) is 0 Å². The van der Waals surface area contributed by atoms with E-state index in [0.717, 1.165) is 12.8 Å². The largest absolute Gasteiger partial charge is 0.481 e. The number of thioether (sulfide) groups is 1. The number of hydrogen-bond acceptors (Lipinski definition) is 3. The lowest BCUT2D eigenvalue weighted by Crippen LogP contribution is -2.12. The first-order chi connectivity index (χ1) is 6.04. The quantitative estimate of drug-likeness (QED) is 0.676. The van der Waals surface area contributed by atoms with Crippen molar-refractivity contribution in [3.05, 3.63) is 0 Å². The molecule has 5 heteroatoms. The number of aliphatic carboxylic acids is 2. The van der Waals surface area contributed by atoms with Crippen LogP contribution in [0.15, 0.2) is 0 Å². The second-order valence-electron chi connectivity index (χ2n) is 3.46. The summed E-state index contributed by atoms with van der Waals surface area (Å²) in [6.45, 7) is 0. The Morgan fingerprint density at radius 1 is 1.23 bits per heavy atom. The minimum atomic E-state index is -0.837. The lowest BCUT2D eigenvalue weighted by atomic mass is 10.1. The van der Waals surface area contributed by atoms with Crippen molar-refractivity contribution < 1.29 is 19.8 Å². The minimum absolute atomic E-state index is 0.0708. The highest BCUT2D eigenvalue weighted by Gasteiger charge is 2.44. The predicted molar refractivity (Wildman–Crippen MR) is 48.9 cm³/mol.